The van der Waals surface area contributed by atoms with Crippen LogP contribution in [-0.2, 0) is 9.47 Å². The largest absolute Gasteiger partial charge is 0.442 e. The topological polar surface area (TPSA) is 71.1 Å². The van der Waals surface area contributed by atoms with Crippen LogP contribution in [0.3, 0.4) is 0 Å². The van der Waals surface area contributed by atoms with Crippen molar-refractivity contribution >= 4 is 12.1 Å². The van der Waals surface area contributed by atoms with E-state index in [2.05, 4.69) is 5.32 Å². The van der Waals surface area contributed by atoms with Gasteiger partial charge in [-0.1, -0.05) is 12.8 Å². The van der Waals surface area contributed by atoms with E-state index < -0.39 is 12.2 Å². The summed E-state index contributed by atoms with van der Waals surface area (Å²) in [6, 6.07) is -0.108. The number of nitrogens with zero attached hydrogens (tertiary/aromatic N) is 2. The second-order valence-corrected chi connectivity index (χ2v) is 7.49. The smallest absolute Gasteiger partial charge is 0.407 e. The van der Waals surface area contributed by atoms with Crippen molar-refractivity contribution in [3.05, 3.63) is 0 Å². The SMILES string of the molecule is CC(C)NC(=O)OC(COC1CCCC1)CN(C(=O)N(C)C)C(C)C. The first-order valence-electron chi connectivity index (χ1n) is 9.27. The molecule has 0 spiro atoms. The van der Waals surface area contributed by atoms with Crippen LogP contribution in [0, 0.1) is 0 Å². The Kier molecular flexibility index (Phi) is 9.03. The predicted molar refractivity (Wildman–Crippen MR) is 97.7 cm³/mol. The van der Waals surface area contributed by atoms with E-state index in [1.165, 1.54) is 17.7 Å². The summed E-state index contributed by atoms with van der Waals surface area (Å²) >= 11 is 0. The van der Waals surface area contributed by atoms with Gasteiger partial charge in [-0.15, -0.1) is 0 Å². The van der Waals surface area contributed by atoms with E-state index in [4.69, 9.17) is 9.47 Å². The van der Waals surface area contributed by atoms with Crippen LogP contribution in [0.2, 0.25) is 0 Å². The normalized spacial score (nSPS) is 16.2. The van der Waals surface area contributed by atoms with Gasteiger partial charge in [-0.05, 0) is 40.5 Å². The first-order valence-corrected chi connectivity index (χ1v) is 9.27. The molecule has 0 saturated heterocycles. The highest BCUT2D eigenvalue weighted by molar-refractivity contribution is 5.74. The number of nitrogens with one attached hydrogen (secondary N) is 1. The van der Waals surface area contributed by atoms with Crippen LogP contribution in [0.4, 0.5) is 9.59 Å². The van der Waals surface area contributed by atoms with Gasteiger partial charge in [0, 0.05) is 26.2 Å². The Bertz CT molecular complexity index is 421. The summed E-state index contributed by atoms with van der Waals surface area (Å²) in [4.78, 5) is 27.6. The van der Waals surface area contributed by atoms with Crippen molar-refractivity contribution in [3.8, 4) is 0 Å². The van der Waals surface area contributed by atoms with Gasteiger partial charge in [-0.3, -0.25) is 0 Å². The summed E-state index contributed by atoms with van der Waals surface area (Å²) < 4.78 is 11.5. The Balaban J connectivity index is 2.71. The third-order valence-corrected chi connectivity index (χ3v) is 4.15. The molecule has 1 unspecified atom stereocenters. The van der Waals surface area contributed by atoms with Crippen molar-refractivity contribution in [2.75, 3.05) is 27.2 Å². The lowest BCUT2D eigenvalue weighted by atomic mass is 10.2. The van der Waals surface area contributed by atoms with E-state index >= 15 is 0 Å². The molecule has 0 aromatic carbocycles. The molecule has 1 atom stereocenters. The van der Waals surface area contributed by atoms with Crippen LogP contribution in [0.5, 0.6) is 0 Å². The molecule has 0 aliphatic heterocycles. The standard InChI is InChI=1S/C18H35N3O4/c1-13(2)19-17(22)25-16(12-24-15-9-7-8-10-15)11-21(14(3)4)18(23)20(5)6/h13-16H,7-12H2,1-6H3,(H,19,22). The molecule has 1 aliphatic carbocycles. The molecule has 25 heavy (non-hydrogen) atoms. The second kappa shape index (κ2) is 10.5. The number of alkyl carbamates (subject to hydrolysis) is 1. The van der Waals surface area contributed by atoms with E-state index in [-0.39, 0.29) is 24.2 Å². The predicted octanol–water partition coefficient (Wildman–Crippen LogP) is 2.84. The van der Waals surface area contributed by atoms with Gasteiger partial charge in [0.15, 0.2) is 0 Å². The maximum atomic E-state index is 12.4. The molecule has 1 fully saturated rings. The number of amides is 3. The Morgan fingerprint density at radius 3 is 2.20 bits per heavy atom. The molecular weight excluding hydrogens is 322 g/mol. The van der Waals surface area contributed by atoms with E-state index in [1.807, 2.05) is 27.7 Å². The van der Waals surface area contributed by atoms with Crippen molar-refractivity contribution in [2.45, 2.75) is 77.7 Å². The Hall–Kier alpha value is -1.50. The van der Waals surface area contributed by atoms with E-state index in [0.717, 1.165) is 12.8 Å². The number of carbonyl (C=O) groups is 2. The van der Waals surface area contributed by atoms with Gasteiger partial charge in [0.2, 0.25) is 0 Å². The molecule has 1 saturated carbocycles. The van der Waals surface area contributed by atoms with Crippen LogP contribution in [-0.4, -0.2) is 73.5 Å². The van der Waals surface area contributed by atoms with Crippen molar-refractivity contribution in [2.24, 2.45) is 0 Å². The van der Waals surface area contributed by atoms with Gasteiger partial charge < -0.3 is 24.6 Å². The monoisotopic (exact) mass is 357 g/mol. The minimum Gasteiger partial charge on any atom is -0.442 e. The van der Waals surface area contributed by atoms with E-state index in [0.29, 0.717) is 13.2 Å². The molecule has 0 heterocycles. The van der Waals surface area contributed by atoms with Crippen molar-refractivity contribution < 1.29 is 19.1 Å². The highest BCUT2D eigenvalue weighted by Crippen LogP contribution is 2.21. The fourth-order valence-corrected chi connectivity index (χ4v) is 2.83. The molecule has 3 amide bonds. The summed E-state index contributed by atoms with van der Waals surface area (Å²) in [5.74, 6) is 0. The van der Waals surface area contributed by atoms with Crippen molar-refractivity contribution in [1.29, 1.82) is 0 Å². The van der Waals surface area contributed by atoms with Crippen LogP contribution in [0.25, 0.3) is 0 Å². The van der Waals surface area contributed by atoms with E-state index in [9.17, 15) is 9.59 Å². The minimum absolute atomic E-state index is 0.000593. The number of rotatable bonds is 8. The summed E-state index contributed by atoms with van der Waals surface area (Å²) in [7, 11) is 3.43. The Morgan fingerprint density at radius 1 is 1.12 bits per heavy atom. The van der Waals surface area contributed by atoms with Gasteiger partial charge >= 0.3 is 12.1 Å². The molecule has 7 nitrogen and oxygen atoms in total. The second-order valence-electron chi connectivity index (χ2n) is 7.49. The quantitative estimate of drug-likeness (QED) is 0.725. The molecule has 1 rings (SSSR count). The summed E-state index contributed by atoms with van der Waals surface area (Å²) in [5.41, 5.74) is 0. The zero-order valence-electron chi connectivity index (χ0n) is 16.6. The molecule has 1 aliphatic rings. The average Bonchev–Trinajstić information content (AvgIpc) is 3.01. The minimum atomic E-state index is -0.495. The molecule has 146 valence electrons. The number of urea groups is 1. The lowest BCUT2D eigenvalue weighted by Crippen LogP contribution is -2.49. The number of hydrogen-bond donors (Lipinski definition) is 1. The molecule has 0 bridgehead atoms. The zero-order chi connectivity index (χ0) is 19.0. The number of hydrogen-bond acceptors (Lipinski definition) is 4. The number of carbonyl (C=O) groups excluding carboxylic acids is 2. The van der Waals surface area contributed by atoms with Gasteiger partial charge in [0.05, 0.1) is 19.3 Å². The molecule has 7 heteroatoms. The maximum absolute atomic E-state index is 12.4. The fourth-order valence-electron chi connectivity index (χ4n) is 2.83. The van der Waals surface area contributed by atoms with Gasteiger partial charge in [-0.2, -0.15) is 0 Å². The molecule has 0 aromatic rings. The fraction of sp³-hybridized carbons (Fsp3) is 0.889. The summed E-state index contributed by atoms with van der Waals surface area (Å²) in [6.45, 7) is 8.27. The van der Waals surface area contributed by atoms with Crippen LogP contribution >= 0.6 is 0 Å². The lowest BCUT2D eigenvalue weighted by molar-refractivity contribution is -0.0260. The zero-order valence-corrected chi connectivity index (χ0v) is 16.6. The molecule has 0 radical (unpaired) electrons. The van der Waals surface area contributed by atoms with Crippen LogP contribution < -0.4 is 5.32 Å². The molecule has 0 aromatic heterocycles. The Morgan fingerprint density at radius 2 is 1.72 bits per heavy atom. The van der Waals surface area contributed by atoms with Gasteiger partial charge in [0.25, 0.3) is 0 Å². The maximum Gasteiger partial charge on any atom is 0.407 e. The van der Waals surface area contributed by atoms with Gasteiger partial charge in [0.1, 0.15) is 6.10 Å². The third kappa shape index (κ3) is 7.94. The van der Waals surface area contributed by atoms with Crippen molar-refractivity contribution in [3.63, 3.8) is 0 Å². The summed E-state index contributed by atoms with van der Waals surface area (Å²) in [6.07, 6.45) is 3.73. The highest BCUT2D eigenvalue weighted by atomic mass is 16.6. The average molecular weight is 357 g/mol. The molecular formula is C18H35N3O4. The summed E-state index contributed by atoms with van der Waals surface area (Å²) in [5, 5.41) is 2.73. The third-order valence-electron chi connectivity index (χ3n) is 4.15. The number of ether oxygens (including phenoxy) is 2. The highest BCUT2D eigenvalue weighted by Gasteiger charge is 2.27. The van der Waals surface area contributed by atoms with Gasteiger partial charge in [-0.25, -0.2) is 9.59 Å². The lowest BCUT2D eigenvalue weighted by Gasteiger charge is -2.33. The van der Waals surface area contributed by atoms with Crippen LogP contribution in [0.15, 0.2) is 0 Å². The van der Waals surface area contributed by atoms with E-state index in [1.54, 1.807) is 19.0 Å². The Labute approximate surface area is 152 Å². The first kappa shape index (κ1) is 21.5. The van der Waals surface area contributed by atoms with Crippen LogP contribution in [0.1, 0.15) is 53.4 Å². The molecule has 1 N–H and O–H groups in total. The first-order chi connectivity index (χ1) is 11.7. The van der Waals surface area contributed by atoms with Crippen molar-refractivity contribution in [1.82, 2.24) is 15.1 Å².